The molecule has 1 aromatic carbocycles. The Balaban J connectivity index is 1.95. The van der Waals surface area contributed by atoms with E-state index in [-0.39, 0.29) is 6.61 Å². The van der Waals surface area contributed by atoms with Gasteiger partial charge in [-0.1, -0.05) is 29.8 Å². The predicted octanol–water partition coefficient (Wildman–Crippen LogP) is 2.25. The van der Waals surface area contributed by atoms with Gasteiger partial charge in [0.25, 0.3) is 5.91 Å². The van der Waals surface area contributed by atoms with Crippen molar-refractivity contribution in [1.29, 1.82) is 0 Å². The number of benzene rings is 1. The molecule has 0 aliphatic heterocycles. The van der Waals surface area contributed by atoms with E-state index in [9.17, 15) is 4.79 Å². The molecule has 0 fully saturated rings. The second kappa shape index (κ2) is 6.38. The smallest absolute Gasteiger partial charge is 0.268 e. The number of hydrogen-bond acceptors (Lipinski definition) is 4. The summed E-state index contributed by atoms with van der Waals surface area (Å²) in [7, 11) is 0. The fraction of sp³-hybridized carbons (Fsp3) is 0.154. The molecule has 1 heterocycles. The van der Waals surface area contributed by atoms with Crippen molar-refractivity contribution in [2.75, 3.05) is 0 Å². The first kappa shape index (κ1) is 13.6. The van der Waals surface area contributed by atoms with Gasteiger partial charge in [-0.3, -0.25) is 10.2 Å². The number of nitrogens with two attached hydrogens (primary N) is 1. The number of nitrogen functional groups attached to an aromatic ring is 1. The number of carbonyl (C=O) groups excluding carboxylic acids is 1. The van der Waals surface area contributed by atoms with E-state index in [1.54, 1.807) is 6.07 Å². The first-order valence-corrected chi connectivity index (χ1v) is 5.98. The number of furan rings is 1. The topological polar surface area (TPSA) is 77.5 Å². The highest BCUT2D eigenvalue weighted by molar-refractivity contribution is 6.31. The summed E-state index contributed by atoms with van der Waals surface area (Å²) in [6, 6.07) is 8.93. The zero-order valence-corrected chi connectivity index (χ0v) is 10.8. The fourth-order valence-electron chi connectivity index (χ4n) is 1.60. The Hall–Kier alpha value is -1.82. The molecule has 0 saturated heterocycles. The van der Waals surface area contributed by atoms with Crippen LogP contribution in [0.4, 0.5) is 0 Å². The Morgan fingerprint density at radius 3 is 2.84 bits per heavy atom. The van der Waals surface area contributed by atoms with Crippen molar-refractivity contribution < 1.29 is 13.9 Å². The van der Waals surface area contributed by atoms with Crippen LogP contribution in [0.3, 0.4) is 0 Å². The average Bonchev–Trinajstić information content (AvgIpc) is 2.88. The molecule has 0 atom stereocenters. The number of rotatable bonds is 5. The van der Waals surface area contributed by atoms with Crippen LogP contribution in [-0.4, -0.2) is 5.91 Å². The molecule has 0 aliphatic rings. The fourth-order valence-corrected chi connectivity index (χ4v) is 1.79. The SMILES string of the molecule is NNC(=O)c1ccoc1COCc1ccccc1Cl. The molecule has 0 aliphatic carbocycles. The summed E-state index contributed by atoms with van der Waals surface area (Å²) >= 11 is 6.00. The van der Waals surface area contributed by atoms with E-state index in [0.717, 1.165) is 5.56 Å². The molecule has 19 heavy (non-hydrogen) atoms. The van der Waals surface area contributed by atoms with Crippen LogP contribution in [-0.2, 0) is 18.0 Å². The highest BCUT2D eigenvalue weighted by Gasteiger charge is 2.13. The number of ether oxygens (including phenoxy) is 1. The summed E-state index contributed by atoms with van der Waals surface area (Å²) in [6.45, 7) is 0.505. The Morgan fingerprint density at radius 1 is 1.32 bits per heavy atom. The van der Waals surface area contributed by atoms with E-state index in [1.165, 1.54) is 12.3 Å². The highest BCUT2D eigenvalue weighted by atomic mass is 35.5. The zero-order chi connectivity index (χ0) is 13.7. The van der Waals surface area contributed by atoms with Crippen molar-refractivity contribution in [3.63, 3.8) is 0 Å². The zero-order valence-electron chi connectivity index (χ0n) is 10.1. The van der Waals surface area contributed by atoms with Gasteiger partial charge in [-0.2, -0.15) is 0 Å². The maximum Gasteiger partial charge on any atom is 0.268 e. The lowest BCUT2D eigenvalue weighted by Gasteiger charge is -2.05. The number of carbonyl (C=O) groups is 1. The van der Waals surface area contributed by atoms with Gasteiger partial charge < -0.3 is 9.15 Å². The van der Waals surface area contributed by atoms with Crippen molar-refractivity contribution in [2.24, 2.45) is 5.84 Å². The van der Waals surface area contributed by atoms with Gasteiger partial charge in [0.2, 0.25) is 0 Å². The quantitative estimate of drug-likeness (QED) is 0.500. The van der Waals surface area contributed by atoms with Gasteiger partial charge in [0.15, 0.2) is 0 Å². The molecular weight excluding hydrogens is 268 g/mol. The van der Waals surface area contributed by atoms with Crippen LogP contribution in [0, 0.1) is 0 Å². The van der Waals surface area contributed by atoms with E-state index in [1.807, 2.05) is 23.6 Å². The Morgan fingerprint density at radius 2 is 2.11 bits per heavy atom. The first-order chi connectivity index (χ1) is 9.22. The largest absolute Gasteiger partial charge is 0.466 e. The molecule has 6 heteroatoms. The van der Waals surface area contributed by atoms with Crippen LogP contribution < -0.4 is 11.3 Å². The van der Waals surface area contributed by atoms with E-state index in [2.05, 4.69) is 0 Å². The third-order valence-corrected chi connectivity index (χ3v) is 2.94. The molecule has 1 aromatic heterocycles. The third kappa shape index (κ3) is 3.35. The van der Waals surface area contributed by atoms with Gasteiger partial charge in [0.05, 0.1) is 18.4 Å². The molecule has 0 radical (unpaired) electrons. The molecule has 0 spiro atoms. The summed E-state index contributed by atoms with van der Waals surface area (Å²) in [5.41, 5.74) is 3.29. The van der Waals surface area contributed by atoms with E-state index < -0.39 is 5.91 Å². The summed E-state index contributed by atoms with van der Waals surface area (Å²) in [5, 5.41) is 0.641. The maximum atomic E-state index is 11.4. The van der Waals surface area contributed by atoms with Crippen LogP contribution in [0.25, 0.3) is 0 Å². The molecule has 3 N–H and O–H groups in total. The standard InChI is InChI=1S/C13H13ClN2O3/c14-11-4-2-1-3-9(11)7-18-8-12-10(5-6-19-12)13(17)16-15/h1-6H,7-8,15H2,(H,16,17). The lowest BCUT2D eigenvalue weighted by atomic mass is 10.2. The first-order valence-electron chi connectivity index (χ1n) is 5.61. The number of nitrogens with one attached hydrogen (secondary N) is 1. The Labute approximate surface area is 115 Å². The molecule has 0 saturated carbocycles. The van der Waals surface area contributed by atoms with Gasteiger partial charge in [0.1, 0.15) is 12.4 Å². The number of hydrazine groups is 1. The Kier molecular flexibility index (Phi) is 4.57. The molecular formula is C13H13ClN2O3. The summed E-state index contributed by atoms with van der Waals surface area (Å²) in [6.07, 6.45) is 1.42. The van der Waals surface area contributed by atoms with Gasteiger partial charge in [-0.05, 0) is 17.7 Å². The minimum absolute atomic E-state index is 0.168. The minimum Gasteiger partial charge on any atom is -0.466 e. The third-order valence-electron chi connectivity index (χ3n) is 2.57. The summed E-state index contributed by atoms with van der Waals surface area (Å²) in [5.74, 6) is 5.09. The van der Waals surface area contributed by atoms with Crippen LogP contribution in [0.1, 0.15) is 21.7 Å². The second-order valence-electron chi connectivity index (χ2n) is 3.82. The molecule has 0 unspecified atom stereocenters. The van der Waals surface area contributed by atoms with Gasteiger partial charge in [-0.15, -0.1) is 0 Å². The van der Waals surface area contributed by atoms with Crippen LogP contribution in [0.5, 0.6) is 0 Å². The molecule has 2 aromatic rings. The van der Waals surface area contributed by atoms with Gasteiger partial charge in [0, 0.05) is 5.02 Å². The second-order valence-corrected chi connectivity index (χ2v) is 4.22. The van der Waals surface area contributed by atoms with E-state index >= 15 is 0 Å². The van der Waals surface area contributed by atoms with Crippen molar-refractivity contribution in [2.45, 2.75) is 13.2 Å². The summed E-state index contributed by atoms with van der Waals surface area (Å²) in [4.78, 5) is 11.4. The van der Waals surface area contributed by atoms with Crippen molar-refractivity contribution >= 4 is 17.5 Å². The molecule has 2 rings (SSSR count). The van der Waals surface area contributed by atoms with Gasteiger partial charge >= 0.3 is 0 Å². The number of halogens is 1. The molecule has 100 valence electrons. The monoisotopic (exact) mass is 280 g/mol. The molecule has 1 amide bonds. The van der Waals surface area contributed by atoms with E-state index in [0.29, 0.717) is 23.0 Å². The van der Waals surface area contributed by atoms with E-state index in [4.69, 9.17) is 26.6 Å². The summed E-state index contributed by atoms with van der Waals surface area (Å²) < 4.78 is 10.7. The lowest BCUT2D eigenvalue weighted by molar-refractivity contribution is 0.0870. The van der Waals surface area contributed by atoms with Crippen molar-refractivity contribution in [3.05, 3.63) is 58.5 Å². The maximum absolute atomic E-state index is 11.4. The Bertz CT molecular complexity index is 569. The average molecular weight is 281 g/mol. The molecule has 0 bridgehead atoms. The number of hydrogen-bond donors (Lipinski definition) is 2. The predicted molar refractivity (Wildman–Crippen MR) is 70.3 cm³/mol. The lowest BCUT2D eigenvalue weighted by Crippen LogP contribution is -2.30. The van der Waals surface area contributed by atoms with Crippen LogP contribution in [0.2, 0.25) is 5.02 Å². The van der Waals surface area contributed by atoms with Crippen LogP contribution in [0.15, 0.2) is 41.0 Å². The highest BCUT2D eigenvalue weighted by Crippen LogP contribution is 2.17. The van der Waals surface area contributed by atoms with Crippen molar-refractivity contribution in [3.8, 4) is 0 Å². The van der Waals surface area contributed by atoms with Crippen molar-refractivity contribution in [1.82, 2.24) is 5.43 Å². The van der Waals surface area contributed by atoms with Gasteiger partial charge in [-0.25, -0.2) is 5.84 Å². The number of amides is 1. The van der Waals surface area contributed by atoms with Crippen LogP contribution >= 0.6 is 11.6 Å². The molecule has 5 nitrogen and oxygen atoms in total. The minimum atomic E-state index is -0.412. The normalized spacial score (nSPS) is 10.4.